The lowest BCUT2D eigenvalue weighted by molar-refractivity contribution is 0.0533. The minimum absolute atomic E-state index is 0. The van der Waals surface area contributed by atoms with Crippen LogP contribution in [0.5, 0.6) is 0 Å². The average Bonchev–Trinajstić information content (AvgIpc) is 2.41. The Morgan fingerprint density at radius 3 is 2.55 bits per heavy atom. The molecule has 22 heavy (non-hydrogen) atoms. The lowest BCUT2D eigenvalue weighted by atomic mass is 9.79. The average molecular weight is 384 g/mol. The molecule has 0 saturated carbocycles. The van der Waals surface area contributed by atoms with Crippen molar-refractivity contribution >= 4 is 53.3 Å². The number of amides is 1. The zero-order chi connectivity index (χ0) is 15.8. The van der Waals surface area contributed by atoms with Gasteiger partial charge in [0.15, 0.2) is 0 Å². The van der Waals surface area contributed by atoms with Gasteiger partial charge in [-0.15, -0.1) is 24.2 Å². The van der Waals surface area contributed by atoms with Crippen LogP contribution in [0.4, 0.5) is 0 Å². The van der Waals surface area contributed by atoms with Crippen LogP contribution in [0.15, 0.2) is 17.0 Å². The molecule has 3 nitrogen and oxygen atoms in total. The number of carbonyl (C=O) groups excluding carboxylic acids is 1. The van der Waals surface area contributed by atoms with Crippen molar-refractivity contribution in [3.63, 3.8) is 0 Å². The third-order valence-electron chi connectivity index (χ3n) is 4.07. The van der Waals surface area contributed by atoms with E-state index in [1.54, 1.807) is 12.1 Å². The normalized spacial score (nSPS) is 20.5. The van der Waals surface area contributed by atoms with E-state index in [9.17, 15) is 4.79 Å². The molecule has 1 fully saturated rings. The topological polar surface area (TPSA) is 46.3 Å². The number of benzene rings is 1. The first-order chi connectivity index (χ1) is 9.76. The Balaban J connectivity index is 0.00000242. The molecule has 1 aromatic carbocycles. The van der Waals surface area contributed by atoms with Gasteiger partial charge >= 0.3 is 0 Å². The number of likely N-dealkylation sites (tertiary alicyclic amines) is 1. The molecule has 1 aliphatic heterocycles. The lowest BCUT2D eigenvalue weighted by Crippen LogP contribution is -2.54. The van der Waals surface area contributed by atoms with Gasteiger partial charge in [0, 0.05) is 24.0 Å². The van der Waals surface area contributed by atoms with E-state index in [1.807, 2.05) is 11.2 Å². The van der Waals surface area contributed by atoms with Crippen molar-refractivity contribution in [2.75, 3.05) is 19.3 Å². The SMILES string of the molecule is CSc1cc(C(=O)N2CCC(N)C(C)(C)C2)c(Cl)cc1Cl.Cl. The van der Waals surface area contributed by atoms with Gasteiger partial charge in [0.05, 0.1) is 15.6 Å². The molecule has 1 aromatic rings. The Labute approximate surface area is 152 Å². The molecule has 124 valence electrons. The van der Waals surface area contributed by atoms with Gasteiger partial charge in [-0.05, 0) is 30.2 Å². The van der Waals surface area contributed by atoms with Gasteiger partial charge in [-0.2, -0.15) is 0 Å². The van der Waals surface area contributed by atoms with Crippen LogP contribution in [0.25, 0.3) is 0 Å². The molecule has 0 aliphatic carbocycles. The molecule has 2 N–H and O–H groups in total. The summed E-state index contributed by atoms with van der Waals surface area (Å²) >= 11 is 13.8. The first-order valence-corrected chi connectivity index (χ1v) is 8.82. The van der Waals surface area contributed by atoms with Crippen LogP contribution < -0.4 is 5.73 Å². The van der Waals surface area contributed by atoms with Crippen molar-refractivity contribution in [2.24, 2.45) is 11.1 Å². The number of thioether (sulfide) groups is 1. The fraction of sp³-hybridized carbons (Fsp3) is 0.533. The smallest absolute Gasteiger partial charge is 0.255 e. The zero-order valence-electron chi connectivity index (χ0n) is 12.9. The molecule has 7 heteroatoms. The third-order valence-corrected chi connectivity index (χ3v) is 5.59. The fourth-order valence-corrected chi connectivity index (χ4v) is 3.75. The van der Waals surface area contributed by atoms with Crippen molar-refractivity contribution in [3.05, 3.63) is 27.7 Å². The quantitative estimate of drug-likeness (QED) is 0.773. The van der Waals surface area contributed by atoms with Gasteiger partial charge in [0.2, 0.25) is 0 Å². The molecule has 1 atom stereocenters. The van der Waals surface area contributed by atoms with Gasteiger partial charge < -0.3 is 10.6 Å². The standard InChI is InChI=1S/C15H20Cl2N2OS.ClH/c1-15(2)8-19(5-4-13(15)18)14(20)9-6-12(21-3)11(17)7-10(9)16;/h6-7,13H,4-5,8,18H2,1-3H3;1H. The summed E-state index contributed by atoms with van der Waals surface area (Å²) in [6, 6.07) is 3.53. The largest absolute Gasteiger partial charge is 0.338 e. The van der Waals surface area contributed by atoms with Crippen molar-refractivity contribution < 1.29 is 4.79 Å². The number of piperidine rings is 1. The molecular weight excluding hydrogens is 363 g/mol. The minimum atomic E-state index is -0.0881. The first kappa shape index (κ1) is 19.9. The Morgan fingerprint density at radius 2 is 2.00 bits per heavy atom. The summed E-state index contributed by atoms with van der Waals surface area (Å²) in [5, 5.41) is 0.973. The number of carbonyl (C=O) groups is 1. The van der Waals surface area contributed by atoms with E-state index >= 15 is 0 Å². The molecule has 1 saturated heterocycles. The highest BCUT2D eigenvalue weighted by Gasteiger charge is 2.36. The number of nitrogens with two attached hydrogens (primary N) is 1. The Bertz CT molecular complexity index is 566. The molecule has 0 bridgehead atoms. The maximum atomic E-state index is 12.7. The number of hydrogen-bond donors (Lipinski definition) is 1. The highest BCUT2D eigenvalue weighted by Crippen LogP contribution is 2.34. The molecule has 1 amide bonds. The van der Waals surface area contributed by atoms with E-state index in [1.165, 1.54) is 11.8 Å². The van der Waals surface area contributed by atoms with Gasteiger partial charge in [-0.25, -0.2) is 0 Å². The maximum Gasteiger partial charge on any atom is 0.255 e. The summed E-state index contributed by atoms with van der Waals surface area (Å²) in [7, 11) is 0. The van der Waals surface area contributed by atoms with E-state index in [4.69, 9.17) is 28.9 Å². The third kappa shape index (κ3) is 4.04. The van der Waals surface area contributed by atoms with Crippen molar-refractivity contribution in [2.45, 2.75) is 31.2 Å². The van der Waals surface area contributed by atoms with Gasteiger partial charge in [-0.3, -0.25) is 4.79 Å². The van der Waals surface area contributed by atoms with Crippen molar-refractivity contribution in [1.29, 1.82) is 0 Å². The van der Waals surface area contributed by atoms with Crippen LogP contribution in [-0.4, -0.2) is 36.2 Å². The summed E-state index contributed by atoms with van der Waals surface area (Å²) in [4.78, 5) is 15.4. The summed E-state index contributed by atoms with van der Waals surface area (Å²) in [5.74, 6) is -0.0491. The molecule has 1 heterocycles. The van der Waals surface area contributed by atoms with E-state index in [0.717, 1.165) is 11.3 Å². The molecule has 0 spiro atoms. The monoisotopic (exact) mass is 382 g/mol. The van der Waals surface area contributed by atoms with E-state index in [-0.39, 0.29) is 29.8 Å². The number of nitrogens with zero attached hydrogens (tertiary/aromatic N) is 1. The summed E-state index contributed by atoms with van der Waals surface area (Å²) < 4.78 is 0. The van der Waals surface area contributed by atoms with Gasteiger partial charge in [-0.1, -0.05) is 37.0 Å². The van der Waals surface area contributed by atoms with E-state index in [0.29, 0.717) is 28.7 Å². The first-order valence-electron chi connectivity index (χ1n) is 6.84. The lowest BCUT2D eigenvalue weighted by Gasteiger charge is -2.42. The molecule has 0 radical (unpaired) electrons. The predicted octanol–water partition coefficient (Wildman–Crippen LogP) is 4.34. The zero-order valence-corrected chi connectivity index (χ0v) is 16.0. The Morgan fingerprint density at radius 1 is 1.36 bits per heavy atom. The number of halogens is 3. The highest BCUT2D eigenvalue weighted by molar-refractivity contribution is 7.98. The van der Waals surface area contributed by atoms with Crippen LogP contribution in [0.3, 0.4) is 0 Å². The second-order valence-electron chi connectivity index (χ2n) is 6.08. The molecule has 1 unspecified atom stereocenters. The van der Waals surface area contributed by atoms with Crippen LogP contribution in [0.1, 0.15) is 30.6 Å². The Hall–Kier alpha value is -0.130. The Kier molecular flexibility index (Phi) is 6.90. The van der Waals surface area contributed by atoms with Crippen LogP contribution in [0, 0.1) is 5.41 Å². The molecule has 1 aliphatic rings. The fourth-order valence-electron chi connectivity index (χ4n) is 2.57. The van der Waals surface area contributed by atoms with Crippen molar-refractivity contribution in [3.8, 4) is 0 Å². The summed E-state index contributed by atoms with van der Waals surface area (Å²) in [6.07, 6.45) is 2.73. The number of rotatable bonds is 2. The van der Waals surface area contributed by atoms with Gasteiger partial charge in [0.25, 0.3) is 5.91 Å². The maximum absolute atomic E-state index is 12.7. The minimum Gasteiger partial charge on any atom is -0.338 e. The van der Waals surface area contributed by atoms with Gasteiger partial charge in [0.1, 0.15) is 0 Å². The molecule has 0 aromatic heterocycles. The van der Waals surface area contributed by atoms with Crippen LogP contribution >= 0.6 is 47.4 Å². The second kappa shape index (κ2) is 7.63. The summed E-state index contributed by atoms with van der Waals surface area (Å²) in [6.45, 7) is 5.49. The van der Waals surface area contributed by atoms with Crippen molar-refractivity contribution in [1.82, 2.24) is 4.90 Å². The summed E-state index contributed by atoms with van der Waals surface area (Å²) in [5.41, 5.74) is 6.55. The van der Waals surface area contributed by atoms with E-state index in [2.05, 4.69) is 13.8 Å². The van der Waals surface area contributed by atoms with Crippen LogP contribution in [0.2, 0.25) is 10.0 Å². The van der Waals surface area contributed by atoms with E-state index < -0.39 is 0 Å². The number of hydrogen-bond acceptors (Lipinski definition) is 3. The molecular formula is C15H21Cl3N2OS. The molecule has 2 rings (SSSR count). The van der Waals surface area contributed by atoms with Crippen LogP contribution in [-0.2, 0) is 0 Å². The highest BCUT2D eigenvalue weighted by atomic mass is 35.5. The predicted molar refractivity (Wildman–Crippen MR) is 97.8 cm³/mol. The second-order valence-corrected chi connectivity index (χ2v) is 7.74.